The van der Waals surface area contributed by atoms with Gasteiger partial charge in [-0.05, 0) is 53.8 Å². The highest BCUT2D eigenvalue weighted by Crippen LogP contribution is 2.27. The van der Waals surface area contributed by atoms with Crippen molar-refractivity contribution in [2.45, 2.75) is 19.8 Å². The number of aromatic nitrogens is 1. The molecule has 0 aliphatic carbocycles. The molecule has 25 heavy (non-hydrogen) atoms. The van der Waals surface area contributed by atoms with Gasteiger partial charge in [0.2, 0.25) is 5.56 Å². The molecule has 0 saturated carbocycles. The maximum atomic E-state index is 12.3. The molecule has 1 heterocycles. The first kappa shape index (κ1) is 17.4. The van der Waals surface area contributed by atoms with Crippen LogP contribution in [-0.4, -0.2) is 10.8 Å². The van der Waals surface area contributed by atoms with Crippen LogP contribution in [0.25, 0.3) is 11.1 Å². The number of halogens is 1. The normalized spacial score (nSPS) is 10.6. The van der Waals surface area contributed by atoms with E-state index in [0.717, 1.165) is 15.6 Å². The fraction of sp³-hybridized carbons (Fsp3) is 0.143. The number of rotatable bonds is 5. The van der Waals surface area contributed by atoms with Crippen LogP contribution in [0.3, 0.4) is 0 Å². The molecule has 3 aromatic rings. The number of H-pyrrole nitrogens is 1. The van der Waals surface area contributed by atoms with Gasteiger partial charge in [-0.3, -0.25) is 9.59 Å². The number of aromatic amines is 1. The number of hydrogen-bond donors (Lipinski definition) is 1. The van der Waals surface area contributed by atoms with Crippen LogP contribution >= 0.6 is 15.9 Å². The molecule has 0 atom stereocenters. The van der Waals surface area contributed by atoms with Crippen molar-refractivity contribution in [3.05, 3.63) is 92.3 Å². The fourth-order valence-electron chi connectivity index (χ4n) is 2.87. The van der Waals surface area contributed by atoms with Gasteiger partial charge in [0.15, 0.2) is 5.78 Å². The molecule has 0 amide bonds. The molecule has 1 aromatic heterocycles. The number of aryl methyl sites for hydroxylation is 1. The van der Waals surface area contributed by atoms with Gasteiger partial charge in [0, 0.05) is 28.7 Å². The summed E-state index contributed by atoms with van der Waals surface area (Å²) in [4.78, 5) is 25.9. The molecule has 0 saturated heterocycles. The highest BCUT2D eigenvalue weighted by atomic mass is 79.9. The number of Topliss-reactive ketones (excluding diaryl/α,β-unsaturated/α-hetero) is 1. The Kier molecular flexibility index (Phi) is 5.29. The van der Waals surface area contributed by atoms with E-state index in [2.05, 4.69) is 52.1 Å². The zero-order valence-electron chi connectivity index (χ0n) is 13.9. The lowest BCUT2D eigenvalue weighted by atomic mass is 9.93. The van der Waals surface area contributed by atoms with Gasteiger partial charge in [0.05, 0.1) is 0 Å². The summed E-state index contributed by atoms with van der Waals surface area (Å²) in [5, 5.41) is 0. The van der Waals surface area contributed by atoms with Crippen molar-refractivity contribution in [3.63, 3.8) is 0 Å². The van der Waals surface area contributed by atoms with E-state index in [4.69, 9.17) is 0 Å². The smallest absolute Gasteiger partial charge is 0.247 e. The molecule has 4 heteroatoms. The molecule has 0 aliphatic heterocycles. The topological polar surface area (TPSA) is 49.9 Å². The number of nitrogens with one attached hydrogen (secondary N) is 1. The zero-order chi connectivity index (χ0) is 17.8. The largest absolute Gasteiger partial charge is 0.328 e. The second-order valence-corrected chi connectivity index (χ2v) is 6.88. The summed E-state index contributed by atoms with van der Waals surface area (Å²) in [6.45, 7) is 2.09. The van der Waals surface area contributed by atoms with Crippen molar-refractivity contribution >= 4 is 21.7 Å². The molecule has 1 N–H and O–H groups in total. The monoisotopic (exact) mass is 395 g/mol. The first-order valence-electron chi connectivity index (χ1n) is 8.11. The van der Waals surface area contributed by atoms with Crippen LogP contribution in [0.15, 0.2) is 70.1 Å². The minimum absolute atomic E-state index is 0.0321. The van der Waals surface area contributed by atoms with Crippen molar-refractivity contribution in [1.82, 2.24) is 4.98 Å². The van der Waals surface area contributed by atoms with Crippen molar-refractivity contribution in [2.75, 3.05) is 0 Å². The summed E-state index contributed by atoms with van der Waals surface area (Å²) in [5.74, 6) is 0.0321. The fourth-order valence-corrected chi connectivity index (χ4v) is 3.14. The van der Waals surface area contributed by atoms with E-state index in [9.17, 15) is 9.59 Å². The third-order valence-corrected chi connectivity index (χ3v) is 4.86. The Morgan fingerprint density at radius 2 is 1.80 bits per heavy atom. The van der Waals surface area contributed by atoms with Crippen LogP contribution in [0, 0.1) is 6.92 Å². The van der Waals surface area contributed by atoms with Crippen molar-refractivity contribution < 1.29 is 4.79 Å². The standard InChI is InChI=1S/C21H18BrNO2/c1-14-15(7-11-20(24)17-8-12-21(25)23-13-17)3-2-4-19(14)16-5-9-18(22)10-6-16/h2-6,8-10,12-13H,7,11H2,1H3,(H,23,25). The predicted molar refractivity (Wildman–Crippen MR) is 104 cm³/mol. The number of hydrogen-bond acceptors (Lipinski definition) is 2. The summed E-state index contributed by atoms with van der Waals surface area (Å²) in [6.07, 6.45) is 2.57. The Labute approximate surface area is 154 Å². The van der Waals surface area contributed by atoms with Gasteiger partial charge in [-0.1, -0.05) is 46.3 Å². The number of benzene rings is 2. The number of ketones is 1. The van der Waals surface area contributed by atoms with Gasteiger partial charge < -0.3 is 4.98 Å². The molecule has 0 spiro atoms. The molecule has 126 valence electrons. The summed E-state index contributed by atoms with van der Waals surface area (Å²) < 4.78 is 1.05. The van der Waals surface area contributed by atoms with Crippen LogP contribution in [-0.2, 0) is 6.42 Å². The van der Waals surface area contributed by atoms with Crippen molar-refractivity contribution in [3.8, 4) is 11.1 Å². The van der Waals surface area contributed by atoms with E-state index < -0.39 is 0 Å². The minimum Gasteiger partial charge on any atom is -0.328 e. The van der Waals surface area contributed by atoms with E-state index in [0.29, 0.717) is 18.4 Å². The van der Waals surface area contributed by atoms with Crippen LogP contribution in [0.4, 0.5) is 0 Å². The maximum absolute atomic E-state index is 12.3. The first-order valence-corrected chi connectivity index (χ1v) is 8.90. The Morgan fingerprint density at radius 1 is 1.04 bits per heavy atom. The van der Waals surface area contributed by atoms with E-state index in [-0.39, 0.29) is 11.3 Å². The summed E-state index contributed by atoms with van der Waals surface area (Å²) >= 11 is 3.46. The zero-order valence-corrected chi connectivity index (χ0v) is 15.5. The molecule has 0 aliphatic rings. The van der Waals surface area contributed by atoms with Gasteiger partial charge >= 0.3 is 0 Å². The molecule has 3 nitrogen and oxygen atoms in total. The van der Waals surface area contributed by atoms with E-state index in [1.54, 1.807) is 6.07 Å². The van der Waals surface area contributed by atoms with E-state index in [1.165, 1.54) is 23.4 Å². The highest BCUT2D eigenvalue weighted by Gasteiger charge is 2.10. The van der Waals surface area contributed by atoms with Crippen LogP contribution < -0.4 is 5.56 Å². The quantitative estimate of drug-likeness (QED) is 0.622. The second kappa shape index (κ2) is 7.62. The van der Waals surface area contributed by atoms with E-state index in [1.807, 2.05) is 18.2 Å². The maximum Gasteiger partial charge on any atom is 0.247 e. The van der Waals surface area contributed by atoms with Crippen LogP contribution in [0.5, 0.6) is 0 Å². The molecule has 0 bridgehead atoms. The van der Waals surface area contributed by atoms with Crippen LogP contribution in [0.2, 0.25) is 0 Å². The lowest BCUT2D eigenvalue weighted by molar-refractivity contribution is 0.0982. The summed E-state index contributed by atoms with van der Waals surface area (Å²) in [6, 6.07) is 17.4. The summed E-state index contributed by atoms with van der Waals surface area (Å²) in [5.41, 5.74) is 5.05. The highest BCUT2D eigenvalue weighted by molar-refractivity contribution is 9.10. The third-order valence-electron chi connectivity index (χ3n) is 4.33. The Morgan fingerprint density at radius 3 is 2.48 bits per heavy atom. The minimum atomic E-state index is -0.199. The lowest BCUT2D eigenvalue weighted by Crippen LogP contribution is -2.08. The van der Waals surface area contributed by atoms with E-state index >= 15 is 0 Å². The average molecular weight is 396 g/mol. The Bertz CT molecular complexity index is 938. The second-order valence-electron chi connectivity index (χ2n) is 5.96. The van der Waals surface area contributed by atoms with Gasteiger partial charge in [-0.15, -0.1) is 0 Å². The number of carbonyl (C=O) groups is 1. The third kappa shape index (κ3) is 4.15. The van der Waals surface area contributed by atoms with Gasteiger partial charge in [0.1, 0.15) is 0 Å². The number of carbonyl (C=O) groups excluding carboxylic acids is 1. The van der Waals surface area contributed by atoms with Gasteiger partial charge in [-0.25, -0.2) is 0 Å². The van der Waals surface area contributed by atoms with Gasteiger partial charge in [0.25, 0.3) is 0 Å². The molecule has 3 rings (SSSR count). The molecule has 0 fully saturated rings. The molecular formula is C21H18BrNO2. The SMILES string of the molecule is Cc1c(CCC(=O)c2ccc(=O)[nH]c2)cccc1-c1ccc(Br)cc1. The first-order chi connectivity index (χ1) is 12.0. The average Bonchev–Trinajstić information content (AvgIpc) is 2.62. The number of pyridine rings is 1. The molecule has 0 unspecified atom stereocenters. The Balaban J connectivity index is 1.78. The van der Waals surface area contributed by atoms with Gasteiger partial charge in [-0.2, -0.15) is 0 Å². The van der Waals surface area contributed by atoms with Crippen molar-refractivity contribution in [2.24, 2.45) is 0 Å². The molecule has 0 radical (unpaired) electrons. The van der Waals surface area contributed by atoms with Crippen LogP contribution in [0.1, 0.15) is 27.9 Å². The molecule has 2 aromatic carbocycles. The molecular weight excluding hydrogens is 378 g/mol. The lowest BCUT2D eigenvalue weighted by Gasteiger charge is -2.12. The summed E-state index contributed by atoms with van der Waals surface area (Å²) in [7, 11) is 0. The Hall–Kier alpha value is -2.46. The van der Waals surface area contributed by atoms with Crippen molar-refractivity contribution in [1.29, 1.82) is 0 Å². The predicted octanol–water partition coefficient (Wildman–Crippen LogP) is 4.93.